The molecule has 4 N–H and O–H groups in total. The largest absolute Gasteiger partial charge is 0.398 e. The van der Waals surface area contributed by atoms with Crippen molar-refractivity contribution in [3.05, 3.63) is 18.2 Å². The Hall–Kier alpha value is -1.25. The fraction of sp³-hybridized carbons (Fsp3) is 0.611. The van der Waals surface area contributed by atoms with Gasteiger partial charge >= 0.3 is 0 Å². The summed E-state index contributed by atoms with van der Waals surface area (Å²) in [5.41, 5.74) is 6.96. The number of hydrogen-bond donors (Lipinski definition) is 4. The topological polar surface area (TPSA) is 101 Å². The summed E-state index contributed by atoms with van der Waals surface area (Å²) in [5.74, 6) is -0.145. The zero-order valence-electron chi connectivity index (χ0n) is 15.4. The number of nitrogen functional groups attached to an aromatic ring is 1. The third-order valence-corrected chi connectivity index (χ3v) is 7.30. The number of carbonyl (C=O) groups is 1. The molecule has 1 unspecified atom stereocenters. The summed E-state index contributed by atoms with van der Waals surface area (Å²) >= 11 is 4.26. The van der Waals surface area contributed by atoms with E-state index in [-0.39, 0.29) is 23.1 Å². The Balaban J connectivity index is 1.85. The van der Waals surface area contributed by atoms with Crippen LogP contribution in [0.2, 0.25) is 0 Å². The first-order chi connectivity index (χ1) is 12.2. The van der Waals surface area contributed by atoms with E-state index in [1.807, 2.05) is 6.92 Å². The van der Waals surface area contributed by atoms with Crippen LogP contribution in [0, 0.1) is 5.92 Å². The third-order valence-electron chi connectivity index (χ3n) is 4.95. The molecule has 26 heavy (non-hydrogen) atoms. The highest BCUT2D eigenvalue weighted by atomic mass is 32.2. The maximum atomic E-state index is 12.4. The summed E-state index contributed by atoms with van der Waals surface area (Å²) in [7, 11) is -3.29. The Morgan fingerprint density at radius 3 is 2.54 bits per heavy atom. The summed E-state index contributed by atoms with van der Waals surface area (Å²) in [5, 5.41) is 2.52. The number of benzene rings is 1. The minimum absolute atomic E-state index is 0.0387. The van der Waals surface area contributed by atoms with Crippen LogP contribution in [0.5, 0.6) is 0 Å². The number of anilines is 2. The predicted molar refractivity (Wildman–Crippen MR) is 109 cm³/mol. The van der Waals surface area contributed by atoms with Crippen molar-refractivity contribution in [2.75, 3.05) is 11.1 Å². The first-order valence-corrected chi connectivity index (χ1v) is 11.1. The second-order valence-corrected chi connectivity index (χ2v) is 9.69. The highest BCUT2D eigenvalue weighted by molar-refractivity contribution is 7.90. The minimum Gasteiger partial charge on any atom is -0.398 e. The summed E-state index contributed by atoms with van der Waals surface area (Å²) in [6.07, 6.45) is 4.19. The molecule has 146 valence electrons. The molecule has 0 saturated heterocycles. The number of rotatable bonds is 7. The average Bonchev–Trinajstić information content (AvgIpc) is 2.58. The van der Waals surface area contributed by atoms with Gasteiger partial charge in [-0.05, 0) is 57.2 Å². The molecule has 0 aromatic heterocycles. The van der Waals surface area contributed by atoms with Crippen molar-refractivity contribution in [2.45, 2.75) is 68.6 Å². The van der Waals surface area contributed by atoms with Gasteiger partial charge in [-0.3, -0.25) is 4.79 Å². The SMILES string of the molecule is CCCC(C)S(=O)(=O)NC1CCC(C(=O)Nc2ccc(N)c(S)c2)CC1. The van der Waals surface area contributed by atoms with Gasteiger partial charge in [0.05, 0.1) is 5.25 Å². The van der Waals surface area contributed by atoms with E-state index in [1.165, 1.54) is 0 Å². The summed E-state index contributed by atoms with van der Waals surface area (Å²) in [4.78, 5) is 13.1. The first kappa shape index (κ1) is 21.1. The van der Waals surface area contributed by atoms with Crippen LogP contribution in [0.25, 0.3) is 0 Å². The Morgan fingerprint density at radius 2 is 1.96 bits per heavy atom. The van der Waals surface area contributed by atoms with Crippen LogP contribution in [0.4, 0.5) is 11.4 Å². The number of hydrogen-bond acceptors (Lipinski definition) is 5. The Labute approximate surface area is 161 Å². The van der Waals surface area contributed by atoms with E-state index in [0.29, 0.717) is 48.4 Å². The molecule has 1 amide bonds. The number of nitrogens with one attached hydrogen (secondary N) is 2. The van der Waals surface area contributed by atoms with E-state index in [0.717, 1.165) is 6.42 Å². The van der Waals surface area contributed by atoms with E-state index in [2.05, 4.69) is 22.7 Å². The molecule has 0 spiro atoms. The number of carbonyl (C=O) groups excluding carboxylic acids is 1. The molecule has 1 aromatic carbocycles. The molecule has 1 aliphatic carbocycles. The molecule has 8 heteroatoms. The summed E-state index contributed by atoms with van der Waals surface area (Å²) in [6, 6.07) is 5.11. The van der Waals surface area contributed by atoms with Crippen molar-refractivity contribution in [2.24, 2.45) is 5.92 Å². The Morgan fingerprint density at radius 1 is 1.31 bits per heavy atom. The zero-order chi connectivity index (χ0) is 19.3. The summed E-state index contributed by atoms with van der Waals surface area (Å²) in [6.45, 7) is 3.72. The van der Waals surface area contributed by atoms with Gasteiger partial charge in [0.1, 0.15) is 0 Å². The number of sulfonamides is 1. The molecule has 1 fully saturated rings. The molecule has 1 atom stereocenters. The number of amides is 1. The van der Waals surface area contributed by atoms with E-state index in [4.69, 9.17) is 5.73 Å². The van der Waals surface area contributed by atoms with Crippen LogP contribution < -0.4 is 15.8 Å². The molecule has 1 saturated carbocycles. The van der Waals surface area contributed by atoms with Crippen molar-refractivity contribution in [1.29, 1.82) is 0 Å². The lowest BCUT2D eigenvalue weighted by Crippen LogP contribution is -2.42. The average molecular weight is 400 g/mol. The second-order valence-electron chi connectivity index (χ2n) is 7.07. The van der Waals surface area contributed by atoms with Gasteiger partial charge in [0.15, 0.2) is 0 Å². The maximum Gasteiger partial charge on any atom is 0.227 e. The lowest BCUT2D eigenvalue weighted by molar-refractivity contribution is -0.120. The van der Waals surface area contributed by atoms with Crippen molar-refractivity contribution in [3.8, 4) is 0 Å². The van der Waals surface area contributed by atoms with Crippen LogP contribution in [0.1, 0.15) is 52.4 Å². The maximum absolute atomic E-state index is 12.4. The molecule has 6 nitrogen and oxygen atoms in total. The van der Waals surface area contributed by atoms with E-state index < -0.39 is 10.0 Å². The number of thiol groups is 1. The molecule has 0 bridgehead atoms. The molecular formula is C18H29N3O3S2. The van der Waals surface area contributed by atoms with Gasteiger partial charge in [-0.15, -0.1) is 12.6 Å². The van der Waals surface area contributed by atoms with Gasteiger partial charge in [-0.25, -0.2) is 13.1 Å². The van der Waals surface area contributed by atoms with Crippen LogP contribution in [-0.4, -0.2) is 25.6 Å². The molecule has 2 rings (SSSR count). The molecular weight excluding hydrogens is 370 g/mol. The number of nitrogens with two attached hydrogens (primary N) is 1. The predicted octanol–water partition coefficient (Wildman–Crippen LogP) is 3.16. The van der Waals surface area contributed by atoms with Crippen LogP contribution in [0.15, 0.2) is 23.1 Å². The van der Waals surface area contributed by atoms with Gasteiger partial charge in [-0.2, -0.15) is 0 Å². The smallest absolute Gasteiger partial charge is 0.227 e. The summed E-state index contributed by atoms with van der Waals surface area (Å²) < 4.78 is 27.4. The van der Waals surface area contributed by atoms with E-state index in [9.17, 15) is 13.2 Å². The van der Waals surface area contributed by atoms with Gasteiger partial charge in [0, 0.05) is 28.2 Å². The quantitative estimate of drug-likeness (QED) is 0.418. The van der Waals surface area contributed by atoms with E-state index in [1.54, 1.807) is 25.1 Å². The Kier molecular flexibility index (Phi) is 7.37. The standard InChI is InChI=1S/C18H29N3O3S2/c1-3-4-12(2)26(23,24)21-14-7-5-13(6-8-14)18(22)20-15-9-10-16(19)17(25)11-15/h9-14,21,25H,3-8,19H2,1-2H3,(H,20,22). The second kappa shape index (κ2) is 9.10. The van der Waals surface area contributed by atoms with E-state index >= 15 is 0 Å². The minimum atomic E-state index is -3.29. The van der Waals surface area contributed by atoms with Gasteiger partial charge < -0.3 is 11.1 Å². The molecule has 1 aromatic rings. The van der Waals surface area contributed by atoms with Crippen molar-refractivity contribution in [3.63, 3.8) is 0 Å². The Bertz CT molecular complexity index is 729. The van der Waals surface area contributed by atoms with Gasteiger partial charge in [0.25, 0.3) is 0 Å². The molecule has 0 heterocycles. The first-order valence-electron chi connectivity index (χ1n) is 9.13. The van der Waals surface area contributed by atoms with Crippen LogP contribution >= 0.6 is 12.6 Å². The zero-order valence-corrected chi connectivity index (χ0v) is 17.1. The van der Waals surface area contributed by atoms with Gasteiger partial charge in [-0.1, -0.05) is 13.3 Å². The molecule has 1 aliphatic rings. The van der Waals surface area contributed by atoms with Crippen molar-refractivity contribution in [1.82, 2.24) is 4.72 Å². The van der Waals surface area contributed by atoms with Crippen molar-refractivity contribution < 1.29 is 13.2 Å². The fourth-order valence-corrected chi connectivity index (χ4v) is 4.94. The lowest BCUT2D eigenvalue weighted by atomic mass is 9.86. The fourth-order valence-electron chi connectivity index (χ4n) is 3.25. The van der Waals surface area contributed by atoms with Crippen molar-refractivity contribution >= 4 is 39.9 Å². The van der Waals surface area contributed by atoms with Crippen LogP contribution in [-0.2, 0) is 14.8 Å². The highest BCUT2D eigenvalue weighted by Gasteiger charge is 2.30. The monoisotopic (exact) mass is 399 g/mol. The lowest BCUT2D eigenvalue weighted by Gasteiger charge is -2.29. The normalized spacial score (nSPS) is 22.0. The van der Waals surface area contributed by atoms with Crippen LogP contribution in [0.3, 0.4) is 0 Å². The molecule has 0 radical (unpaired) electrons. The van der Waals surface area contributed by atoms with Gasteiger partial charge in [0.2, 0.25) is 15.9 Å². The molecule has 0 aliphatic heterocycles. The highest BCUT2D eigenvalue weighted by Crippen LogP contribution is 2.27. The third kappa shape index (κ3) is 5.62.